The fourth-order valence-corrected chi connectivity index (χ4v) is 4.64. The zero-order chi connectivity index (χ0) is 23.2. The van der Waals surface area contributed by atoms with Gasteiger partial charge in [0, 0.05) is 11.7 Å². The molecule has 1 aliphatic rings. The molecule has 1 heteroatoms. The number of rotatable bonds is 5. The van der Waals surface area contributed by atoms with Gasteiger partial charge in [-0.3, -0.25) is 0 Å². The van der Waals surface area contributed by atoms with Crippen molar-refractivity contribution >= 4 is 5.69 Å². The summed E-state index contributed by atoms with van der Waals surface area (Å²) in [6, 6.07) is 17.0. The van der Waals surface area contributed by atoms with Crippen molar-refractivity contribution in [3.05, 3.63) is 64.7 Å². The second-order valence-electron chi connectivity index (χ2n) is 13.2. The lowest BCUT2D eigenvalue weighted by Crippen LogP contribution is -2.31. The largest absolute Gasteiger partial charge is 0.381 e. The third-order valence-corrected chi connectivity index (χ3v) is 7.59. The van der Waals surface area contributed by atoms with E-state index in [1.165, 1.54) is 40.8 Å². The smallest absolute Gasteiger partial charge is 0.0376 e. The molecule has 0 fully saturated rings. The molecule has 0 aliphatic carbocycles. The Hall–Kier alpha value is -1.76. The monoisotopic (exact) mass is 419 g/mol. The van der Waals surface area contributed by atoms with Gasteiger partial charge in [-0.25, -0.2) is 0 Å². The van der Waals surface area contributed by atoms with Gasteiger partial charge in [0.25, 0.3) is 0 Å². The Morgan fingerprint density at radius 3 is 1.68 bits per heavy atom. The van der Waals surface area contributed by atoms with Crippen molar-refractivity contribution in [2.24, 2.45) is 5.41 Å². The van der Waals surface area contributed by atoms with Crippen molar-refractivity contribution in [3.63, 3.8) is 0 Å². The fourth-order valence-electron chi connectivity index (χ4n) is 4.64. The Bertz CT molecular complexity index is 901. The SMILES string of the molecule is CC(C)(C)c1ccc(C(C)(C)CCC(C)(C)c2ccc3c(c2)CC(C(C)(C)C)N3)cc1. The first kappa shape index (κ1) is 23.9. The van der Waals surface area contributed by atoms with Crippen LogP contribution in [-0.2, 0) is 22.7 Å². The van der Waals surface area contributed by atoms with E-state index in [4.69, 9.17) is 0 Å². The minimum absolute atomic E-state index is 0.164. The molecule has 1 N–H and O–H groups in total. The molecular weight excluding hydrogens is 374 g/mol. The molecule has 170 valence electrons. The Morgan fingerprint density at radius 1 is 0.677 bits per heavy atom. The number of benzene rings is 2. The normalized spacial score (nSPS) is 17.4. The highest BCUT2D eigenvalue weighted by molar-refractivity contribution is 5.59. The van der Waals surface area contributed by atoms with Crippen LogP contribution in [0.15, 0.2) is 42.5 Å². The first-order valence-corrected chi connectivity index (χ1v) is 12.1. The summed E-state index contributed by atoms with van der Waals surface area (Å²) in [4.78, 5) is 0. The predicted molar refractivity (Wildman–Crippen MR) is 137 cm³/mol. The van der Waals surface area contributed by atoms with E-state index in [0.717, 1.165) is 6.42 Å². The zero-order valence-electron chi connectivity index (χ0n) is 21.7. The highest BCUT2D eigenvalue weighted by Gasteiger charge is 2.32. The van der Waals surface area contributed by atoms with E-state index in [1.54, 1.807) is 0 Å². The van der Waals surface area contributed by atoms with Gasteiger partial charge in [-0.05, 0) is 69.2 Å². The van der Waals surface area contributed by atoms with Gasteiger partial charge in [0.1, 0.15) is 0 Å². The number of nitrogens with one attached hydrogen (secondary N) is 1. The lowest BCUT2D eigenvalue weighted by Gasteiger charge is -2.33. The molecule has 1 atom stereocenters. The third-order valence-electron chi connectivity index (χ3n) is 7.59. The molecule has 1 heterocycles. The molecule has 31 heavy (non-hydrogen) atoms. The van der Waals surface area contributed by atoms with Crippen LogP contribution < -0.4 is 5.32 Å². The molecule has 0 aromatic heterocycles. The quantitative estimate of drug-likeness (QED) is 0.513. The summed E-state index contributed by atoms with van der Waals surface area (Å²) < 4.78 is 0. The molecule has 1 unspecified atom stereocenters. The highest BCUT2D eigenvalue weighted by atomic mass is 15.0. The summed E-state index contributed by atoms with van der Waals surface area (Å²) in [7, 11) is 0. The van der Waals surface area contributed by atoms with Crippen LogP contribution in [0.3, 0.4) is 0 Å². The van der Waals surface area contributed by atoms with Crippen LogP contribution in [0, 0.1) is 5.41 Å². The topological polar surface area (TPSA) is 12.0 Å². The summed E-state index contributed by atoms with van der Waals surface area (Å²) in [5, 5.41) is 3.75. The molecule has 1 nitrogen and oxygen atoms in total. The van der Waals surface area contributed by atoms with E-state index in [0.29, 0.717) is 6.04 Å². The molecule has 0 amide bonds. The van der Waals surface area contributed by atoms with Crippen molar-refractivity contribution in [2.75, 3.05) is 5.32 Å². The summed E-state index contributed by atoms with van der Waals surface area (Å²) >= 11 is 0. The average molecular weight is 420 g/mol. The molecule has 0 radical (unpaired) electrons. The van der Waals surface area contributed by atoms with Gasteiger partial charge >= 0.3 is 0 Å². The Kier molecular flexibility index (Phi) is 6.15. The molecule has 1 aliphatic heterocycles. The van der Waals surface area contributed by atoms with Crippen molar-refractivity contribution in [2.45, 2.75) is 111 Å². The van der Waals surface area contributed by atoms with E-state index >= 15 is 0 Å². The minimum Gasteiger partial charge on any atom is -0.381 e. The second-order valence-corrected chi connectivity index (χ2v) is 13.2. The van der Waals surface area contributed by atoms with Crippen LogP contribution in [-0.4, -0.2) is 6.04 Å². The first-order valence-electron chi connectivity index (χ1n) is 12.1. The Balaban J connectivity index is 1.71. The van der Waals surface area contributed by atoms with Crippen LogP contribution in [0.25, 0.3) is 0 Å². The van der Waals surface area contributed by atoms with Crippen molar-refractivity contribution in [1.82, 2.24) is 0 Å². The molecule has 2 aromatic rings. The maximum Gasteiger partial charge on any atom is 0.0376 e. The summed E-state index contributed by atoms with van der Waals surface area (Å²) in [5.41, 5.74) is 7.97. The van der Waals surface area contributed by atoms with Gasteiger partial charge in [0.2, 0.25) is 0 Å². The van der Waals surface area contributed by atoms with Crippen LogP contribution >= 0.6 is 0 Å². The third kappa shape index (κ3) is 5.36. The van der Waals surface area contributed by atoms with E-state index in [-0.39, 0.29) is 21.7 Å². The maximum absolute atomic E-state index is 3.75. The molecular formula is C30H45N. The maximum atomic E-state index is 3.75. The van der Waals surface area contributed by atoms with Gasteiger partial charge in [-0.2, -0.15) is 0 Å². The minimum atomic E-state index is 0.164. The Morgan fingerprint density at radius 2 is 1.16 bits per heavy atom. The van der Waals surface area contributed by atoms with E-state index in [1.807, 2.05) is 0 Å². The van der Waals surface area contributed by atoms with E-state index in [9.17, 15) is 0 Å². The summed E-state index contributed by atoms with van der Waals surface area (Å²) in [5.74, 6) is 0. The van der Waals surface area contributed by atoms with Crippen molar-refractivity contribution in [1.29, 1.82) is 0 Å². The molecule has 0 spiro atoms. The number of hydrogen-bond acceptors (Lipinski definition) is 1. The predicted octanol–water partition coefficient (Wildman–Crippen LogP) is 8.40. The molecule has 3 rings (SSSR count). The van der Waals surface area contributed by atoms with Crippen LogP contribution in [0.2, 0.25) is 0 Å². The fraction of sp³-hybridized carbons (Fsp3) is 0.600. The van der Waals surface area contributed by atoms with Gasteiger partial charge in [0.15, 0.2) is 0 Å². The van der Waals surface area contributed by atoms with Gasteiger partial charge in [0.05, 0.1) is 0 Å². The second kappa shape index (κ2) is 7.98. The lowest BCUT2D eigenvalue weighted by molar-refractivity contribution is 0.347. The molecule has 0 saturated carbocycles. The van der Waals surface area contributed by atoms with E-state index < -0.39 is 0 Å². The van der Waals surface area contributed by atoms with Gasteiger partial charge in [-0.15, -0.1) is 0 Å². The van der Waals surface area contributed by atoms with Crippen LogP contribution in [0.5, 0.6) is 0 Å². The Labute approximate surface area is 192 Å². The lowest BCUT2D eigenvalue weighted by atomic mass is 9.72. The summed E-state index contributed by atoms with van der Waals surface area (Å²) in [6.45, 7) is 23.5. The van der Waals surface area contributed by atoms with Crippen molar-refractivity contribution < 1.29 is 0 Å². The molecule has 0 saturated heterocycles. The number of hydrogen-bond donors (Lipinski definition) is 1. The van der Waals surface area contributed by atoms with E-state index in [2.05, 4.69) is 117 Å². The van der Waals surface area contributed by atoms with Gasteiger partial charge < -0.3 is 5.32 Å². The first-order chi connectivity index (χ1) is 14.1. The number of anilines is 1. The molecule has 2 aromatic carbocycles. The highest BCUT2D eigenvalue weighted by Crippen LogP contribution is 2.40. The summed E-state index contributed by atoms with van der Waals surface area (Å²) in [6.07, 6.45) is 3.49. The average Bonchev–Trinajstić information content (AvgIpc) is 3.10. The zero-order valence-corrected chi connectivity index (χ0v) is 21.7. The standard InChI is InChI=1S/C30H45N/c1-27(2,3)22-11-13-23(14-12-22)29(7,8)17-18-30(9,10)24-15-16-25-21(19-24)20-26(31-25)28(4,5)6/h11-16,19,26,31H,17-18,20H2,1-10H3. The van der Waals surface area contributed by atoms with Gasteiger partial charge in [-0.1, -0.05) is 106 Å². The molecule has 0 bridgehead atoms. The number of fused-ring (bicyclic) bond motifs is 1. The van der Waals surface area contributed by atoms with Crippen LogP contribution in [0.4, 0.5) is 5.69 Å². The van der Waals surface area contributed by atoms with Crippen molar-refractivity contribution in [3.8, 4) is 0 Å². The van der Waals surface area contributed by atoms with Crippen LogP contribution in [0.1, 0.15) is 104 Å².